The molecule has 0 unspecified atom stereocenters. The second-order valence-electron chi connectivity index (χ2n) is 15.3. The van der Waals surface area contributed by atoms with E-state index in [9.17, 15) is 33.6 Å². The lowest BCUT2D eigenvalue weighted by Gasteiger charge is -2.35. The number of carbonyl (C=O) groups excluding carboxylic acids is 7. The third-order valence-corrected chi connectivity index (χ3v) is 10.8. The van der Waals surface area contributed by atoms with Gasteiger partial charge < -0.3 is 51.8 Å². The second kappa shape index (κ2) is 19.2. The summed E-state index contributed by atoms with van der Waals surface area (Å²) in [6.07, 6.45) is 6.43. The lowest BCUT2D eigenvalue weighted by molar-refractivity contribution is -0.149. The van der Waals surface area contributed by atoms with Crippen LogP contribution in [-0.2, 0) is 33.6 Å². The van der Waals surface area contributed by atoms with Gasteiger partial charge >= 0.3 is 0 Å². The molecule has 53 heavy (non-hydrogen) atoms. The molecule has 4 rings (SSSR count). The molecule has 296 valence electrons. The van der Waals surface area contributed by atoms with Gasteiger partial charge in [-0.2, -0.15) is 0 Å². The topological polar surface area (TPSA) is 233 Å². The third kappa shape index (κ3) is 10.4. The summed E-state index contributed by atoms with van der Waals surface area (Å²) in [5, 5.41) is 8.86. The number of nitrogens with two attached hydrogens (primary N) is 2. The molecule has 0 aliphatic carbocycles. The highest BCUT2D eigenvalue weighted by molar-refractivity contribution is 5.97. The fraction of sp³-hybridized carbons (Fsp3) is 0.778. The highest BCUT2D eigenvalue weighted by atomic mass is 16.2. The Hall–Kier alpha value is -4.28. The molecular weight excluding hydrogens is 684 g/mol. The molecule has 0 radical (unpaired) electrons. The van der Waals surface area contributed by atoms with Crippen LogP contribution in [0.25, 0.3) is 0 Å². The summed E-state index contributed by atoms with van der Waals surface area (Å²) in [5.41, 5.74) is 10.7. The Kier molecular flexibility index (Phi) is 15.0. The van der Waals surface area contributed by atoms with Crippen LogP contribution < -0.4 is 27.4 Å². The Morgan fingerprint density at radius 3 is 1.96 bits per heavy atom. The smallest absolute Gasteiger partial charge is 0.246 e. The van der Waals surface area contributed by atoms with E-state index in [1.54, 1.807) is 37.5 Å². The van der Waals surface area contributed by atoms with Crippen LogP contribution in [0.15, 0.2) is 4.99 Å². The number of nitrogens with one attached hydrogen (secondary N) is 3. The number of hydrogen-bond donors (Lipinski definition) is 5. The van der Waals surface area contributed by atoms with Gasteiger partial charge in [0.2, 0.25) is 35.4 Å². The minimum atomic E-state index is -0.974. The van der Waals surface area contributed by atoms with Gasteiger partial charge in [-0.25, -0.2) is 0 Å². The maximum atomic E-state index is 14.1. The molecule has 4 heterocycles. The molecule has 4 fully saturated rings. The highest BCUT2D eigenvalue weighted by Gasteiger charge is 2.45. The van der Waals surface area contributed by atoms with Gasteiger partial charge in [0.1, 0.15) is 37.0 Å². The van der Waals surface area contributed by atoms with Crippen LogP contribution in [0.4, 0.5) is 0 Å². The predicted octanol–water partition coefficient (Wildman–Crippen LogP) is -1.17. The van der Waals surface area contributed by atoms with Crippen molar-refractivity contribution in [2.45, 2.75) is 134 Å². The van der Waals surface area contributed by atoms with Crippen LogP contribution in [0.1, 0.15) is 91.9 Å². The number of amides is 6. The number of rotatable bonds is 16. The molecule has 0 aromatic rings. The molecular formula is C36H60N10O7. The standard InChI is InChI=1S/C36H60N10O7/c1-22(2)30(42-32(50)27-13-8-18-44(27)34(52)28-14-9-19-45(28)33(51)25-11-6-15-39-25)35(53)46(23(3)4)20-29(48)43-17-7-12-26(43)31(49)41-24(21-47)10-5-16-40-36(37)38/h21-28,30,39H,5-20H2,1-4H3,(H,41,49)(H,42,50)(H4,37,38,40)/t24-,25-,26-,27-,28-,30-/m0/s1. The number of hydrogen-bond acceptors (Lipinski definition) is 9. The summed E-state index contributed by atoms with van der Waals surface area (Å²) >= 11 is 0. The summed E-state index contributed by atoms with van der Waals surface area (Å²) in [7, 11) is 0. The van der Waals surface area contributed by atoms with Crippen LogP contribution in [0.3, 0.4) is 0 Å². The molecule has 0 aromatic carbocycles. The van der Waals surface area contributed by atoms with Crippen molar-refractivity contribution in [2.24, 2.45) is 22.4 Å². The van der Waals surface area contributed by atoms with E-state index < -0.39 is 59.9 Å². The Morgan fingerprint density at radius 1 is 0.811 bits per heavy atom. The highest BCUT2D eigenvalue weighted by Crippen LogP contribution is 2.27. The zero-order chi connectivity index (χ0) is 38.8. The van der Waals surface area contributed by atoms with Crippen molar-refractivity contribution >= 4 is 47.7 Å². The van der Waals surface area contributed by atoms with E-state index in [0.29, 0.717) is 77.4 Å². The Morgan fingerprint density at radius 2 is 1.40 bits per heavy atom. The average molecular weight is 745 g/mol. The zero-order valence-corrected chi connectivity index (χ0v) is 31.8. The quantitative estimate of drug-likeness (QED) is 0.0550. The maximum absolute atomic E-state index is 14.1. The zero-order valence-electron chi connectivity index (χ0n) is 31.8. The number of nitrogens with zero attached hydrogens (tertiary/aromatic N) is 5. The summed E-state index contributed by atoms with van der Waals surface area (Å²) in [6, 6.07) is -4.61. The van der Waals surface area contributed by atoms with Crippen molar-refractivity contribution in [1.29, 1.82) is 0 Å². The maximum Gasteiger partial charge on any atom is 0.246 e. The van der Waals surface area contributed by atoms with Crippen LogP contribution >= 0.6 is 0 Å². The molecule has 17 heteroatoms. The van der Waals surface area contributed by atoms with E-state index >= 15 is 0 Å². The lowest BCUT2D eigenvalue weighted by Crippen LogP contribution is -2.59. The predicted molar refractivity (Wildman–Crippen MR) is 197 cm³/mol. The first-order valence-corrected chi connectivity index (χ1v) is 19.3. The van der Waals surface area contributed by atoms with Crippen molar-refractivity contribution in [2.75, 3.05) is 39.3 Å². The van der Waals surface area contributed by atoms with Gasteiger partial charge in [0, 0.05) is 32.2 Å². The first kappa shape index (κ1) is 41.5. The molecule has 6 atom stereocenters. The van der Waals surface area contributed by atoms with Crippen LogP contribution in [0.5, 0.6) is 0 Å². The van der Waals surface area contributed by atoms with Gasteiger partial charge in [-0.05, 0) is 90.5 Å². The van der Waals surface area contributed by atoms with Gasteiger partial charge in [-0.15, -0.1) is 0 Å². The summed E-state index contributed by atoms with van der Waals surface area (Å²) in [4.78, 5) is 104. The van der Waals surface area contributed by atoms with Crippen molar-refractivity contribution in [1.82, 2.24) is 35.6 Å². The van der Waals surface area contributed by atoms with E-state index in [4.69, 9.17) is 11.5 Å². The van der Waals surface area contributed by atoms with Gasteiger partial charge in [0.05, 0.1) is 12.1 Å². The minimum Gasteiger partial charge on any atom is -0.370 e. The van der Waals surface area contributed by atoms with Crippen molar-refractivity contribution in [3.05, 3.63) is 0 Å². The number of likely N-dealkylation sites (tertiary alicyclic amines) is 3. The Bertz CT molecular complexity index is 1380. The summed E-state index contributed by atoms with van der Waals surface area (Å²) in [6.45, 7) is 9.18. The molecule has 17 nitrogen and oxygen atoms in total. The Balaban J connectivity index is 1.38. The van der Waals surface area contributed by atoms with E-state index in [1.165, 1.54) is 9.80 Å². The van der Waals surface area contributed by atoms with Gasteiger partial charge in [-0.1, -0.05) is 13.8 Å². The van der Waals surface area contributed by atoms with Crippen molar-refractivity contribution < 1.29 is 33.6 Å². The molecule has 0 saturated carbocycles. The van der Waals surface area contributed by atoms with E-state index in [2.05, 4.69) is 20.9 Å². The number of guanidine groups is 1. The normalized spacial score (nSPS) is 23.9. The van der Waals surface area contributed by atoms with E-state index in [-0.39, 0.29) is 36.3 Å². The first-order chi connectivity index (χ1) is 25.2. The molecule has 0 bridgehead atoms. The average Bonchev–Trinajstić information content (AvgIpc) is 3.96. The fourth-order valence-electron chi connectivity index (χ4n) is 7.88. The number of aldehydes is 1. The molecule has 6 amide bonds. The first-order valence-electron chi connectivity index (χ1n) is 19.3. The monoisotopic (exact) mass is 744 g/mol. The summed E-state index contributed by atoms with van der Waals surface area (Å²) < 4.78 is 0. The molecule has 0 spiro atoms. The number of carbonyl (C=O) groups is 7. The molecule has 0 aromatic heterocycles. The fourth-order valence-corrected chi connectivity index (χ4v) is 7.88. The lowest BCUT2D eigenvalue weighted by atomic mass is 10.0. The van der Waals surface area contributed by atoms with Crippen LogP contribution in [0.2, 0.25) is 0 Å². The molecule has 7 N–H and O–H groups in total. The van der Waals surface area contributed by atoms with Crippen molar-refractivity contribution in [3.63, 3.8) is 0 Å². The minimum absolute atomic E-state index is 0.0572. The van der Waals surface area contributed by atoms with Gasteiger partial charge in [0.25, 0.3) is 0 Å². The molecule has 4 aliphatic rings. The largest absolute Gasteiger partial charge is 0.370 e. The second-order valence-corrected chi connectivity index (χ2v) is 15.3. The molecule has 4 aliphatic heterocycles. The number of aliphatic imine (C=N–C) groups is 1. The molecule has 4 saturated heterocycles. The van der Waals surface area contributed by atoms with E-state index in [1.807, 2.05) is 0 Å². The SMILES string of the molecule is CC(C)[C@H](NC(=O)[C@@H]1CCCN1C(=O)[C@@H]1CCCN1C(=O)[C@@H]1CCCN1)C(=O)N(CC(=O)N1CCC[C@H]1C(=O)N[C@H](C=O)CCCN=C(N)N)C(C)C. The van der Waals surface area contributed by atoms with Crippen LogP contribution in [0, 0.1) is 5.92 Å². The Labute approximate surface area is 312 Å². The van der Waals surface area contributed by atoms with Crippen molar-refractivity contribution in [3.8, 4) is 0 Å². The van der Waals surface area contributed by atoms with E-state index in [0.717, 1.165) is 25.8 Å². The van der Waals surface area contributed by atoms with Crippen LogP contribution in [-0.4, -0.2) is 149 Å². The third-order valence-electron chi connectivity index (χ3n) is 10.8. The summed E-state index contributed by atoms with van der Waals surface area (Å²) in [5.74, 6) is -2.43. The van der Waals surface area contributed by atoms with Gasteiger partial charge in [-0.3, -0.25) is 33.8 Å². The van der Waals surface area contributed by atoms with Gasteiger partial charge in [0.15, 0.2) is 5.96 Å².